The van der Waals surface area contributed by atoms with Crippen molar-refractivity contribution in [2.24, 2.45) is 0 Å². The molecule has 1 N–H and O–H groups in total. The molecule has 0 spiro atoms. The number of carboxylic acid groups (broad SMARTS) is 1. The summed E-state index contributed by atoms with van der Waals surface area (Å²) >= 11 is 11.8. The molecule has 1 amide bonds. The van der Waals surface area contributed by atoms with Crippen LogP contribution < -0.4 is 5.43 Å². The molecule has 184 valence electrons. The highest BCUT2D eigenvalue weighted by atomic mass is 35.5. The third-order valence-corrected chi connectivity index (χ3v) is 6.56. The molecule has 3 heterocycles. The van der Waals surface area contributed by atoms with E-state index in [2.05, 4.69) is 10.1 Å². The van der Waals surface area contributed by atoms with Gasteiger partial charge in [-0.05, 0) is 29.8 Å². The Labute approximate surface area is 214 Å². The van der Waals surface area contributed by atoms with Gasteiger partial charge in [-0.2, -0.15) is 4.98 Å². The molecule has 1 aliphatic heterocycles. The molecule has 1 aliphatic rings. The Hall–Kier alpha value is -3.69. The van der Waals surface area contributed by atoms with Crippen molar-refractivity contribution in [3.05, 3.63) is 103 Å². The molecule has 4 aromatic rings. The molecule has 0 bridgehead atoms. The van der Waals surface area contributed by atoms with E-state index in [1.807, 2.05) is 12.1 Å². The quantitative estimate of drug-likeness (QED) is 0.390. The molecule has 2 aromatic heterocycles. The largest absolute Gasteiger partial charge is 0.465 e. The number of pyridine rings is 1. The number of nitrogens with zero attached hydrogens (tertiary/aromatic N) is 4. The average molecular weight is 529 g/mol. The monoisotopic (exact) mass is 528 g/mol. The van der Waals surface area contributed by atoms with Crippen LogP contribution in [0, 0.1) is 5.82 Å². The standard InChI is InChI=1S/C25H19Cl2FN4O4/c26-16-4-1-14(2-5-16)9-22-29-24(30-36-22)19-13-32(11-15-3-6-17(27)10-20(15)28)21-7-8-31(25(34)35)12-18(21)23(19)33/h1-6,10,13H,7-9,11-12H2,(H,34,35). The Morgan fingerprint density at radius 1 is 1.14 bits per heavy atom. The second-order valence-corrected chi connectivity index (χ2v) is 9.30. The third kappa shape index (κ3) is 4.84. The van der Waals surface area contributed by atoms with Crippen molar-refractivity contribution in [2.45, 2.75) is 25.9 Å². The zero-order chi connectivity index (χ0) is 25.4. The Kier molecular flexibility index (Phi) is 6.51. The minimum absolute atomic E-state index is 0.0736. The molecular formula is C25H19Cl2FN4O4. The summed E-state index contributed by atoms with van der Waals surface area (Å²) in [6.45, 7) is 0.245. The van der Waals surface area contributed by atoms with Crippen molar-refractivity contribution in [1.82, 2.24) is 19.6 Å². The Bertz CT molecular complexity index is 1520. The molecule has 2 aromatic carbocycles. The molecule has 8 nitrogen and oxygen atoms in total. The summed E-state index contributed by atoms with van der Waals surface area (Å²) in [6.07, 6.45) is 1.10. The molecule has 0 radical (unpaired) electrons. The minimum Gasteiger partial charge on any atom is -0.465 e. The zero-order valence-corrected chi connectivity index (χ0v) is 20.3. The first kappa shape index (κ1) is 24.0. The molecule has 0 atom stereocenters. The van der Waals surface area contributed by atoms with Crippen molar-refractivity contribution in [2.75, 3.05) is 6.54 Å². The Morgan fingerprint density at radius 2 is 1.89 bits per heavy atom. The number of aromatic nitrogens is 3. The van der Waals surface area contributed by atoms with Crippen LogP contribution in [0.15, 0.2) is 58.0 Å². The van der Waals surface area contributed by atoms with Crippen molar-refractivity contribution < 1.29 is 18.8 Å². The van der Waals surface area contributed by atoms with Crippen LogP contribution in [-0.4, -0.2) is 37.4 Å². The number of fused-ring (bicyclic) bond motifs is 1. The number of halogens is 3. The molecule has 5 rings (SSSR count). The van der Waals surface area contributed by atoms with Crippen molar-refractivity contribution in [3.63, 3.8) is 0 Å². The third-order valence-electron chi connectivity index (χ3n) is 6.07. The summed E-state index contributed by atoms with van der Waals surface area (Å²) in [5, 5.41) is 14.3. The van der Waals surface area contributed by atoms with E-state index in [0.29, 0.717) is 40.6 Å². The zero-order valence-electron chi connectivity index (χ0n) is 18.7. The van der Waals surface area contributed by atoms with E-state index < -0.39 is 11.9 Å². The van der Waals surface area contributed by atoms with E-state index in [9.17, 15) is 19.1 Å². The van der Waals surface area contributed by atoms with Crippen LogP contribution in [0.4, 0.5) is 9.18 Å². The molecule has 0 unspecified atom stereocenters. The number of amides is 1. The lowest BCUT2D eigenvalue weighted by atomic mass is 10.0. The van der Waals surface area contributed by atoms with Gasteiger partial charge in [-0.3, -0.25) is 4.79 Å². The van der Waals surface area contributed by atoms with Gasteiger partial charge in [0.1, 0.15) is 5.82 Å². The number of benzene rings is 2. The Balaban J connectivity index is 1.56. The molecule has 0 aliphatic carbocycles. The van der Waals surface area contributed by atoms with Gasteiger partial charge in [-0.15, -0.1) is 0 Å². The summed E-state index contributed by atoms with van der Waals surface area (Å²) in [7, 11) is 0. The van der Waals surface area contributed by atoms with E-state index in [-0.39, 0.29) is 41.5 Å². The maximum Gasteiger partial charge on any atom is 0.407 e. The fraction of sp³-hybridized carbons (Fsp3) is 0.200. The van der Waals surface area contributed by atoms with Gasteiger partial charge in [-0.25, -0.2) is 9.18 Å². The predicted molar refractivity (Wildman–Crippen MR) is 131 cm³/mol. The highest BCUT2D eigenvalue weighted by Gasteiger charge is 2.27. The summed E-state index contributed by atoms with van der Waals surface area (Å²) in [4.78, 5) is 30.6. The van der Waals surface area contributed by atoms with E-state index >= 15 is 0 Å². The topological polar surface area (TPSA) is 101 Å². The highest BCUT2D eigenvalue weighted by molar-refractivity contribution is 6.30. The summed E-state index contributed by atoms with van der Waals surface area (Å²) < 4.78 is 21.7. The van der Waals surface area contributed by atoms with E-state index in [1.165, 1.54) is 11.0 Å². The SMILES string of the molecule is O=C(O)N1CCc2c(c(=O)c(-c3noc(Cc4ccc(Cl)cc4)n3)cn2Cc2ccc(Cl)cc2F)C1. The number of rotatable bonds is 5. The molecule has 0 saturated carbocycles. The van der Waals surface area contributed by atoms with Crippen LogP contribution in [0.1, 0.15) is 28.3 Å². The van der Waals surface area contributed by atoms with Crippen molar-refractivity contribution >= 4 is 29.3 Å². The fourth-order valence-electron chi connectivity index (χ4n) is 4.24. The first-order valence-electron chi connectivity index (χ1n) is 11.0. The van der Waals surface area contributed by atoms with Crippen LogP contribution in [0.25, 0.3) is 11.4 Å². The van der Waals surface area contributed by atoms with Gasteiger partial charge in [0.25, 0.3) is 0 Å². The molecule has 11 heteroatoms. The van der Waals surface area contributed by atoms with Gasteiger partial charge in [0, 0.05) is 46.0 Å². The lowest BCUT2D eigenvalue weighted by Gasteiger charge is -2.29. The highest BCUT2D eigenvalue weighted by Crippen LogP contribution is 2.24. The van der Waals surface area contributed by atoms with E-state index in [4.69, 9.17) is 27.7 Å². The fourth-order valence-corrected chi connectivity index (χ4v) is 4.52. The van der Waals surface area contributed by atoms with Crippen LogP contribution >= 0.6 is 23.2 Å². The summed E-state index contributed by atoms with van der Waals surface area (Å²) in [5.74, 6) is -0.110. The van der Waals surface area contributed by atoms with E-state index in [1.54, 1.807) is 35.0 Å². The molecule has 36 heavy (non-hydrogen) atoms. The van der Waals surface area contributed by atoms with E-state index in [0.717, 1.165) is 5.56 Å². The van der Waals surface area contributed by atoms with Crippen LogP contribution in [0.2, 0.25) is 10.0 Å². The lowest BCUT2D eigenvalue weighted by molar-refractivity contribution is 0.139. The van der Waals surface area contributed by atoms with Gasteiger partial charge in [0.2, 0.25) is 11.7 Å². The van der Waals surface area contributed by atoms with Crippen LogP contribution in [-0.2, 0) is 25.9 Å². The Morgan fingerprint density at radius 3 is 2.61 bits per heavy atom. The first-order valence-corrected chi connectivity index (χ1v) is 11.8. The van der Waals surface area contributed by atoms with Gasteiger partial charge >= 0.3 is 6.09 Å². The lowest BCUT2D eigenvalue weighted by Crippen LogP contribution is -2.39. The van der Waals surface area contributed by atoms with Crippen LogP contribution in [0.5, 0.6) is 0 Å². The maximum absolute atomic E-state index is 14.6. The number of hydrogen-bond acceptors (Lipinski definition) is 5. The molecule has 0 saturated heterocycles. The van der Waals surface area contributed by atoms with Gasteiger partial charge in [-0.1, -0.05) is 46.6 Å². The van der Waals surface area contributed by atoms with Gasteiger partial charge in [0.15, 0.2) is 5.43 Å². The summed E-state index contributed by atoms with van der Waals surface area (Å²) in [6, 6.07) is 11.6. The average Bonchev–Trinajstić information content (AvgIpc) is 3.31. The summed E-state index contributed by atoms with van der Waals surface area (Å²) in [5.41, 5.74) is 1.96. The van der Waals surface area contributed by atoms with Crippen LogP contribution in [0.3, 0.4) is 0 Å². The second-order valence-electron chi connectivity index (χ2n) is 8.43. The molecular weight excluding hydrogens is 510 g/mol. The van der Waals surface area contributed by atoms with Crippen molar-refractivity contribution in [3.8, 4) is 11.4 Å². The smallest absolute Gasteiger partial charge is 0.407 e. The van der Waals surface area contributed by atoms with Crippen molar-refractivity contribution in [1.29, 1.82) is 0 Å². The number of hydrogen-bond donors (Lipinski definition) is 1. The number of carbonyl (C=O) groups is 1. The second kappa shape index (κ2) is 9.75. The maximum atomic E-state index is 14.6. The first-order chi connectivity index (χ1) is 17.3. The van der Waals surface area contributed by atoms with Gasteiger partial charge < -0.3 is 19.1 Å². The molecule has 0 fully saturated rings. The van der Waals surface area contributed by atoms with Gasteiger partial charge in [0.05, 0.1) is 25.1 Å². The normalized spacial score (nSPS) is 13.0. The predicted octanol–water partition coefficient (Wildman–Crippen LogP) is 5.02. The minimum atomic E-state index is -1.12.